The lowest BCUT2D eigenvalue weighted by molar-refractivity contribution is 0.0258. The van der Waals surface area contributed by atoms with Gasteiger partial charge in [-0.1, -0.05) is 19.8 Å². The van der Waals surface area contributed by atoms with Gasteiger partial charge in [-0.05, 0) is 39.2 Å². The Morgan fingerprint density at radius 3 is 2.69 bits per heavy atom. The Morgan fingerprint density at radius 1 is 1.50 bits per heavy atom. The molecule has 16 heavy (non-hydrogen) atoms. The summed E-state index contributed by atoms with van der Waals surface area (Å²) < 4.78 is 5.79. The quantitative estimate of drug-likeness (QED) is 0.635. The van der Waals surface area contributed by atoms with Crippen molar-refractivity contribution >= 4 is 0 Å². The minimum Gasteiger partial charge on any atom is -0.394 e. The molecule has 0 amide bonds. The third-order valence-corrected chi connectivity index (χ3v) is 3.32. The van der Waals surface area contributed by atoms with Gasteiger partial charge >= 0.3 is 0 Å². The fraction of sp³-hybridized carbons (Fsp3) is 1.00. The minimum atomic E-state index is -0.201. The van der Waals surface area contributed by atoms with Crippen molar-refractivity contribution in [1.29, 1.82) is 0 Å². The van der Waals surface area contributed by atoms with Crippen LogP contribution in [0.3, 0.4) is 0 Å². The van der Waals surface area contributed by atoms with Crippen molar-refractivity contribution in [3.8, 4) is 0 Å². The summed E-state index contributed by atoms with van der Waals surface area (Å²) in [5.41, 5.74) is -0.201. The van der Waals surface area contributed by atoms with Crippen LogP contribution in [-0.2, 0) is 4.74 Å². The molecule has 0 aromatic rings. The van der Waals surface area contributed by atoms with Crippen LogP contribution in [0.2, 0.25) is 0 Å². The Bertz CT molecular complexity index is 194. The van der Waals surface area contributed by atoms with E-state index in [0.29, 0.717) is 0 Å². The SMILES string of the molecule is CCNC(C)(CO)CC(C)OCCC1CC1. The molecule has 0 bridgehead atoms. The van der Waals surface area contributed by atoms with Gasteiger partial charge < -0.3 is 15.2 Å². The molecule has 2 atom stereocenters. The Hall–Kier alpha value is -0.120. The molecule has 0 saturated heterocycles. The van der Waals surface area contributed by atoms with Crippen LogP contribution in [0.4, 0.5) is 0 Å². The first-order valence-electron chi connectivity index (χ1n) is 6.57. The molecule has 1 rings (SSSR count). The lowest BCUT2D eigenvalue weighted by Gasteiger charge is -2.31. The third-order valence-electron chi connectivity index (χ3n) is 3.32. The van der Waals surface area contributed by atoms with Crippen LogP contribution in [0, 0.1) is 5.92 Å². The van der Waals surface area contributed by atoms with E-state index in [0.717, 1.165) is 25.5 Å². The van der Waals surface area contributed by atoms with Crippen LogP contribution >= 0.6 is 0 Å². The monoisotopic (exact) mass is 229 g/mol. The van der Waals surface area contributed by atoms with Crippen LogP contribution in [0.5, 0.6) is 0 Å². The molecular formula is C13H27NO2. The Labute approximate surface area is 99.6 Å². The van der Waals surface area contributed by atoms with Gasteiger partial charge in [0.05, 0.1) is 12.7 Å². The summed E-state index contributed by atoms with van der Waals surface area (Å²) in [5, 5.41) is 12.7. The highest BCUT2D eigenvalue weighted by Gasteiger charge is 2.26. The maximum Gasteiger partial charge on any atom is 0.0611 e. The standard InChI is InChI=1S/C13H27NO2/c1-4-14-13(3,10-15)9-11(2)16-8-7-12-5-6-12/h11-12,14-15H,4-10H2,1-3H3. The molecule has 0 aromatic heterocycles. The van der Waals surface area contributed by atoms with Gasteiger partial charge in [-0.2, -0.15) is 0 Å². The van der Waals surface area contributed by atoms with E-state index in [4.69, 9.17) is 4.74 Å². The van der Waals surface area contributed by atoms with E-state index in [2.05, 4.69) is 26.1 Å². The van der Waals surface area contributed by atoms with E-state index in [-0.39, 0.29) is 18.2 Å². The zero-order valence-electron chi connectivity index (χ0n) is 11.0. The van der Waals surface area contributed by atoms with Crippen molar-refractivity contribution in [3.63, 3.8) is 0 Å². The predicted molar refractivity (Wildman–Crippen MR) is 66.5 cm³/mol. The van der Waals surface area contributed by atoms with Crippen molar-refractivity contribution in [3.05, 3.63) is 0 Å². The summed E-state index contributed by atoms with van der Waals surface area (Å²) in [5.74, 6) is 0.935. The lowest BCUT2D eigenvalue weighted by Crippen LogP contribution is -2.48. The zero-order valence-corrected chi connectivity index (χ0v) is 11.0. The van der Waals surface area contributed by atoms with Gasteiger partial charge in [0, 0.05) is 12.1 Å². The van der Waals surface area contributed by atoms with Crippen LogP contribution in [-0.4, -0.2) is 36.5 Å². The van der Waals surface area contributed by atoms with E-state index in [1.54, 1.807) is 0 Å². The van der Waals surface area contributed by atoms with Crippen LogP contribution in [0.1, 0.15) is 46.5 Å². The second-order valence-corrected chi connectivity index (χ2v) is 5.37. The molecule has 0 radical (unpaired) electrons. The number of likely N-dealkylation sites (N-methyl/N-ethyl adjacent to an activating group) is 1. The molecule has 3 heteroatoms. The number of aliphatic hydroxyl groups excluding tert-OH is 1. The van der Waals surface area contributed by atoms with Crippen molar-refractivity contribution in [1.82, 2.24) is 5.32 Å². The minimum absolute atomic E-state index is 0.164. The Kier molecular flexibility index (Phi) is 5.73. The summed E-state index contributed by atoms with van der Waals surface area (Å²) in [6.07, 6.45) is 5.08. The van der Waals surface area contributed by atoms with Crippen molar-refractivity contribution in [2.75, 3.05) is 19.8 Å². The Morgan fingerprint density at radius 2 is 2.19 bits per heavy atom. The topological polar surface area (TPSA) is 41.5 Å². The largest absolute Gasteiger partial charge is 0.394 e. The first-order valence-corrected chi connectivity index (χ1v) is 6.57. The van der Waals surface area contributed by atoms with Crippen LogP contribution < -0.4 is 5.32 Å². The van der Waals surface area contributed by atoms with Crippen LogP contribution in [0.15, 0.2) is 0 Å². The van der Waals surface area contributed by atoms with Gasteiger partial charge in [0.2, 0.25) is 0 Å². The molecule has 1 aliphatic carbocycles. The second kappa shape index (κ2) is 6.58. The van der Waals surface area contributed by atoms with Crippen molar-refractivity contribution < 1.29 is 9.84 Å². The van der Waals surface area contributed by atoms with Gasteiger partial charge in [-0.3, -0.25) is 0 Å². The summed E-state index contributed by atoms with van der Waals surface area (Å²) in [7, 11) is 0. The fourth-order valence-electron chi connectivity index (χ4n) is 2.16. The molecular weight excluding hydrogens is 202 g/mol. The van der Waals surface area contributed by atoms with E-state index in [1.165, 1.54) is 19.3 Å². The maximum atomic E-state index is 9.37. The number of aliphatic hydroxyl groups is 1. The second-order valence-electron chi connectivity index (χ2n) is 5.37. The average Bonchev–Trinajstić information content (AvgIpc) is 3.02. The summed E-state index contributed by atoms with van der Waals surface area (Å²) in [6, 6.07) is 0. The molecule has 2 unspecified atom stereocenters. The fourth-order valence-corrected chi connectivity index (χ4v) is 2.16. The molecule has 2 N–H and O–H groups in total. The number of hydrogen-bond donors (Lipinski definition) is 2. The number of rotatable bonds is 9. The first kappa shape index (κ1) is 13.9. The first-order chi connectivity index (χ1) is 7.59. The van der Waals surface area contributed by atoms with E-state index < -0.39 is 0 Å². The lowest BCUT2D eigenvalue weighted by atomic mass is 9.96. The molecule has 0 spiro atoms. The van der Waals surface area contributed by atoms with Gasteiger partial charge in [-0.15, -0.1) is 0 Å². The smallest absolute Gasteiger partial charge is 0.0611 e. The molecule has 3 nitrogen and oxygen atoms in total. The molecule has 1 saturated carbocycles. The highest BCUT2D eigenvalue weighted by molar-refractivity contribution is 4.84. The normalized spacial score (nSPS) is 21.8. The summed E-state index contributed by atoms with van der Waals surface area (Å²) >= 11 is 0. The Balaban J connectivity index is 2.15. The highest BCUT2D eigenvalue weighted by atomic mass is 16.5. The van der Waals surface area contributed by atoms with E-state index in [9.17, 15) is 5.11 Å². The molecule has 0 aliphatic heterocycles. The number of ether oxygens (including phenoxy) is 1. The molecule has 1 fully saturated rings. The van der Waals surface area contributed by atoms with E-state index in [1.807, 2.05) is 0 Å². The molecule has 0 aromatic carbocycles. The molecule has 1 aliphatic rings. The van der Waals surface area contributed by atoms with Crippen molar-refractivity contribution in [2.45, 2.75) is 58.1 Å². The number of nitrogens with one attached hydrogen (secondary N) is 1. The average molecular weight is 229 g/mol. The van der Waals surface area contributed by atoms with Gasteiger partial charge in [0.1, 0.15) is 0 Å². The van der Waals surface area contributed by atoms with Gasteiger partial charge in [0.15, 0.2) is 0 Å². The zero-order chi connectivity index (χ0) is 12.0. The van der Waals surface area contributed by atoms with Crippen molar-refractivity contribution in [2.24, 2.45) is 5.92 Å². The number of hydrogen-bond acceptors (Lipinski definition) is 3. The van der Waals surface area contributed by atoms with E-state index >= 15 is 0 Å². The predicted octanol–water partition coefficient (Wildman–Crippen LogP) is 1.94. The summed E-state index contributed by atoms with van der Waals surface area (Å²) in [4.78, 5) is 0. The van der Waals surface area contributed by atoms with Gasteiger partial charge in [-0.25, -0.2) is 0 Å². The molecule has 0 heterocycles. The molecule has 96 valence electrons. The summed E-state index contributed by atoms with van der Waals surface area (Å²) in [6.45, 7) is 8.13. The third kappa shape index (κ3) is 5.28. The van der Waals surface area contributed by atoms with Gasteiger partial charge in [0.25, 0.3) is 0 Å². The van der Waals surface area contributed by atoms with Crippen LogP contribution in [0.25, 0.3) is 0 Å². The highest BCUT2D eigenvalue weighted by Crippen LogP contribution is 2.32. The maximum absolute atomic E-state index is 9.37.